The van der Waals surface area contributed by atoms with E-state index in [0.29, 0.717) is 16.3 Å². The van der Waals surface area contributed by atoms with Gasteiger partial charge in [0.25, 0.3) is 0 Å². The smallest absolute Gasteiger partial charge is 0.185 e. The van der Waals surface area contributed by atoms with E-state index >= 15 is 0 Å². The summed E-state index contributed by atoms with van der Waals surface area (Å²) in [4.78, 5) is 12.0. The first-order valence-corrected chi connectivity index (χ1v) is 6.45. The average molecular weight is 285 g/mol. The van der Waals surface area contributed by atoms with Crippen LogP contribution in [0.4, 0.5) is 0 Å². The Kier molecular flexibility index (Phi) is 4.07. The lowest BCUT2D eigenvalue weighted by atomic mass is 10.1. The second kappa shape index (κ2) is 5.77. The van der Waals surface area contributed by atoms with E-state index in [0.717, 1.165) is 11.3 Å². The molecule has 3 nitrogen and oxygen atoms in total. The van der Waals surface area contributed by atoms with Crippen molar-refractivity contribution in [3.05, 3.63) is 63.9 Å². The van der Waals surface area contributed by atoms with Gasteiger partial charge in [0.15, 0.2) is 5.78 Å². The fourth-order valence-electron chi connectivity index (χ4n) is 1.87. The second-order valence-corrected chi connectivity index (χ2v) is 4.88. The first-order chi connectivity index (χ1) is 9.52. The quantitative estimate of drug-likeness (QED) is 0.636. The predicted octanol–water partition coefficient (Wildman–Crippen LogP) is 3.75. The minimum absolute atomic E-state index is 0.0940. The molecule has 0 aliphatic heterocycles. The molecule has 0 radical (unpaired) electrons. The van der Waals surface area contributed by atoms with Crippen molar-refractivity contribution in [1.29, 1.82) is 5.26 Å². The first-order valence-electron chi connectivity index (χ1n) is 6.07. The average Bonchev–Trinajstić information content (AvgIpc) is 2.73. The van der Waals surface area contributed by atoms with E-state index in [1.165, 1.54) is 6.08 Å². The summed E-state index contributed by atoms with van der Waals surface area (Å²) in [5, 5.41) is 9.56. The monoisotopic (exact) mass is 284 g/mol. The molecule has 0 fully saturated rings. The molecule has 0 saturated carbocycles. The summed E-state index contributed by atoms with van der Waals surface area (Å²) in [7, 11) is 1.83. The number of ketones is 1. The van der Waals surface area contributed by atoms with E-state index in [9.17, 15) is 4.79 Å². The van der Waals surface area contributed by atoms with Crippen molar-refractivity contribution in [3.63, 3.8) is 0 Å². The number of benzene rings is 1. The minimum atomic E-state index is -0.0940. The molecule has 4 heteroatoms. The summed E-state index contributed by atoms with van der Waals surface area (Å²) in [6.45, 7) is 1.91. The van der Waals surface area contributed by atoms with Crippen LogP contribution < -0.4 is 0 Å². The standard InChI is InChI=1S/C16H13ClN2O/c1-11-13(9-15(10-18)19(11)2)5-8-16(20)12-3-6-14(17)7-4-12/h3-9H,1-2H3/b8-5+. The summed E-state index contributed by atoms with van der Waals surface area (Å²) < 4.78 is 1.80. The molecule has 0 saturated heterocycles. The van der Waals surface area contributed by atoms with Gasteiger partial charge in [0.1, 0.15) is 11.8 Å². The highest BCUT2D eigenvalue weighted by molar-refractivity contribution is 6.30. The van der Waals surface area contributed by atoms with Crippen LogP contribution in [-0.4, -0.2) is 10.4 Å². The first kappa shape index (κ1) is 14.1. The van der Waals surface area contributed by atoms with Gasteiger partial charge in [0.05, 0.1) is 0 Å². The third kappa shape index (κ3) is 2.81. The van der Waals surface area contributed by atoms with Crippen LogP contribution in [0.15, 0.2) is 36.4 Å². The van der Waals surface area contributed by atoms with Gasteiger partial charge in [-0.15, -0.1) is 0 Å². The molecule has 0 amide bonds. The molecule has 0 aliphatic rings. The number of halogens is 1. The largest absolute Gasteiger partial charge is 0.339 e. The number of nitrogens with zero attached hydrogens (tertiary/aromatic N) is 2. The number of carbonyl (C=O) groups excluding carboxylic acids is 1. The van der Waals surface area contributed by atoms with Gasteiger partial charge in [0.2, 0.25) is 0 Å². The minimum Gasteiger partial charge on any atom is -0.339 e. The Morgan fingerprint density at radius 1 is 1.35 bits per heavy atom. The summed E-state index contributed by atoms with van der Waals surface area (Å²) in [6, 6.07) is 10.6. The second-order valence-electron chi connectivity index (χ2n) is 4.45. The topological polar surface area (TPSA) is 45.8 Å². The number of hydrogen-bond acceptors (Lipinski definition) is 2. The zero-order valence-corrected chi connectivity index (χ0v) is 12.0. The molecular formula is C16H13ClN2O. The van der Waals surface area contributed by atoms with Gasteiger partial charge in [-0.05, 0) is 55.0 Å². The van der Waals surface area contributed by atoms with Gasteiger partial charge in [-0.2, -0.15) is 5.26 Å². The third-order valence-electron chi connectivity index (χ3n) is 3.23. The molecule has 2 rings (SSSR count). The highest BCUT2D eigenvalue weighted by atomic mass is 35.5. The van der Waals surface area contributed by atoms with Gasteiger partial charge in [-0.3, -0.25) is 4.79 Å². The van der Waals surface area contributed by atoms with Crippen LogP contribution in [0.1, 0.15) is 27.3 Å². The van der Waals surface area contributed by atoms with Crippen LogP contribution >= 0.6 is 11.6 Å². The number of carbonyl (C=O) groups is 1. The van der Waals surface area contributed by atoms with Gasteiger partial charge >= 0.3 is 0 Å². The molecule has 0 aliphatic carbocycles. The van der Waals surface area contributed by atoms with E-state index in [1.54, 1.807) is 41.0 Å². The number of aromatic nitrogens is 1. The van der Waals surface area contributed by atoms with Crippen molar-refractivity contribution < 1.29 is 4.79 Å². The molecule has 0 bridgehead atoms. The zero-order valence-electron chi connectivity index (χ0n) is 11.2. The van der Waals surface area contributed by atoms with Gasteiger partial charge in [0, 0.05) is 23.3 Å². The molecule has 100 valence electrons. The van der Waals surface area contributed by atoms with Crippen molar-refractivity contribution >= 4 is 23.5 Å². The van der Waals surface area contributed by atoms with Gasteiger partial charge in [-0.25, -0.2) is 0 Å². The molecule has 0 atom stereocenters. The van der Waals surface area contributed by atoms with E-state index in [1.807, 2.05) is 14.0 Å². The molecule has 2 aromatic rings. The molecule has 1 aromatic heterocycles. The van der Waals surface area contributed by atoms with E-state index in [-0.39, 0.29) is 5.78 Å². The Hall–Kier alpha value is -2.31. The van der Waals surface area contributed by atoms with E-state index in [2.05, 4.69) is 6.07 Å². The van der Waals surface area contributed by atoms with E-state index in [4.69, 9.17) is 16.9 Å². The van der Waals surface area contributed by atoms with Crippen LogP contribution in [-0.2, 0) is 7.05 Å². The Bertz CT molecular complexity index is 718. The fraction of sp³-hybridized carbons (Fsp3) is 0.125. The maximum atomic E-state index is 12.0. The van der Waals surface area contributed by atoms with Crippen LogP contribution in [0, 0.1) is 18.3 Å². The van der Waals surface area contributed by atoms with Crippen molar-refractivity contribution in [3.8, 4) is 6.07 Å². The SMILES string of the molecule is Cc1c(/C=C/C(=O)c2ccc(Cl)cc2)cc(C#N)n1C. The Labute approximate surface area is 122 Å². The lowest BCUT2D eigenvalue weighted by Crippen LogP contribution is -1.94. The normalized spacial score (nSPS) is 10.7. The van der Waals surface area contributed by atoms with Crippen molar-refractivity contribution in [2.45, 2.75) is 6.92 Å². The molecule has 0 spiro atoms. The van der Waals surface area contributed by atoms with E-state index < -0.39 is 0 Å². The van der Waals surface area contributed by atoms with Crippen molar-refractivity contribution in [1.82, 2.24) is 4.57 Å². The molecular weight excluding hydrogens is 272 g/mol. The lowest BCUT2D eigenvalue weighted by Gasteiger charge is -1.98. The highest BCUT2D eigenvalue weighted by Gasteiger charge is 2.07. The zero-order chi connectivity index (χ0) is 14.7. The van der Waals surface area contributed by atoms with Gasteiger partial charge < -0.3 is 4.57 Å². The Morgan fingerprint density at radius 3 is 2.55 bits per heavy atom. The van der Waals surface area contributed by atoms with Crippen LogP contribution in [0.25, 0.3) is 6.08 Å². The molecule has 1 heterocycles. The van der Waals surface area contributed by atoms with Crippen LogP contribution in [0.3, 0.4) is 0 Å². The van der Waals surface area contributed by atoms with Gasteiger partial charge in [-0.1, -0.05) is 11.6 Å². The number of hydrogen-bond donors (Lipinski definition) is 0. The summed E-state index contributed by atoms with van der Waals surface area (Å²) in [5.41, 5.74) is 2.97. The number of nitriles is 1. The highest BCUT2D eigenvalue weighted by Crippen LogP contribution is 2.16. The summed E-state index contributed by atoms with van der Waals surface area (Å²) >= 11 is 5.78. The van der Waals surface area contributed by atoms with Crippen molar-refractivity contribution in [2.24, 2.45) is 7.05 Å². The molecule has 20 heavy (non-hydrogen) atoms. The fourth-order valence-corrected chi connectivity index (χ4v) is 2.00. The Balaban J connectivity index is 2.24. The maximum absolute atomic E-state index is 12.0. The molecule has 0 unspecified atom stereocenters. The summed E-state index contributed by atoms with van der Waals surface area (Å²) in [6.07, 6.45) is 3.24. The van der Waals surface area contributed by atoms with Crippen molar-refractivity contribution in [2.75, 3.05) is 0 Å². The molecule has 1 aromatic carbocycles. The third-order valence-corrected chi connectivity index (χ3v) is 3.48. The lowest BCUT2D eigenvalue weighted by molar-refractivity contribution is 0.104. The summed E-state index contributed by atoms with van der Waals surface area (Å²) in [5.74, 6) is -0.0940. The predicted molar refractivity (Wildman–Crippen MR) is 79.7 cm³/mol. The number of rotatable bonds is 3. The van der Waals surface area contributed by atoms with Crippen LogP contribution in [0.5, 0.6) is 0 Å². The maximum Gasteiger partial charge on any atom is 0.185 e. The van der Waals surface area contributed by atoms with Crippen LogP contribution in [0.2, 0.25) is 5.02 Å². The Morgan fingerprint density at radius 2 is 2.00 bits per heavy atom. The number of allylic oxidation sites excluding steroid dienone is 1. The molecule has 0 N–H and O–H groups in total.